The van der Waals surface area contributed by atoms with Gasteiger partial charge >= 0.3 is 0 Å². The van der Waals surface area contributed by atoms with Crippen LogP contribution in [0.5, 0.6) is 5.88 Å². The summed E-state index contributed by atoms with van der Waals surface area (Å²) < 4.78 is 1.28. The summed E-state index contributed by atoms with van der Waals surface area (Å²) >= 11 is 5.84. The summed E-state index contributed by atoms with van der Waals surface area (Å²) in [7, 11) is 0. The highest BCUT2D eigenvalue weighted by molar-refractivity contribution is 6.30. The zero-order chi connectivity index (χ0) is 15.7. The molecule has 5 heteroatoms. The van der Waals surface area contributed by atoms with Gasteiger partial charge in [0.15, 0.2) is 0 Å². The van der Waals surface area contributed by atoms with E-state index in [4.69, 9.17) is 11.6 Å². The molecule has 0 radical (unpaired) electrons. The van der Waals surface area contributed by atoms with Crippen molar-refractivity contribution in [1.82, 2.24) is 4.57 Å². The molecule has 3 aromatic rings. The Bertz CT molecular complexity index is 880. The molecule has 0 aliphatic rings. The Balaban J connectivity index is 2.13. The number of rotatable bonds is 2. The Labute approximate surface area is 132 Å². The van der Waals surface area contributed by atoms with Crippen LogP contribution in [0.1, 0.15) is 17.3 Å². The van der Waals surface area contributed by atoms with Gasteiger partial charge in [0.05, 0.1) is 16.8 Å². The minimum Gasteiger partial charge on any atom is -0.494 e. The molecule has 22 heavy (non-hydrogen) atoms. The molecule has 0 spiro atoms. The number of carbonyl (C=O) groups excluding carboxylic acids is 1. The third-order valence-corrected chi connectivity index (χ3v) is 3.62. The fourth-order valence-electron chi connectivity index (χ4n) is 2.36. The van der Waals surface area contributed by atoms with Crippen LogP contribution >= 0.6 is 11.6 Å². The lowest BCUT2D eigenvalue weighted by Gasteiger charge is -2.00. The van der Waals surface area contributed by atoms with E-state index < -0.39 is 0 Å². The van der Waals surface area contributed by atoms with E-state index in [9.17, 15) is 9.90 Å². The number of nitrogens with zero attached hydrogens (tertiary/aromatic N) is 2. The molecule has 1 aromatic heterocycles. The van der Waals surface area contributed by atoms with Crippen molar-refractivity contribution in [2.45, 2.75) is 6.92 Å². The van der Waals surface area contributed by atoms with Crippen LogP contribution in [0.15, 0.2) is 53.5 Å². The standard InChI is InChI=1S/C17H13ClN2O2/c1-11(21)20-16-5-3-2-4-14(16)15(17(20)22)10-19-13-8-6-12(18)7-9-13/h2-10,22H,1H3. The average Bonchev–Trinajstić information content (AvgIpc) is 2.78. The van der Waals surface area contributed by atoms with Crippen LogP contribution in [0, 0.1) is 0 Å². The van der Waals surface area contributed by atoms with E-state index in [2.05, 4.69) is 4.99 Å². The number of aliphatic imine (C=N–C) groups is 1. The SMILES string of the molecule is CC(=O)n1c(O)c(C=Nc2ccc(Cl)cc2)c2ccccc21. The molecular weight excluding hydrogens is 300 g/mol. The topological polar surface area (TPSA) is 54.6 Å². The molecule has 0 saturated heterocycles. The van der Waals surface area contributed by atoms with Crippen LogP contribution in [0.3, 0.4) is 0 Å². The molecule has 110 valence electrons. The van der Waals surface area contributed by atoms with E-state index >= 15 is 0 Å². The average molecular weight is 313 g/mol. The normalized spacial score (nSPS) is 11.4. The first kappa shape index (κ1) is 14.4. The number of halogens is 1. The van der Waals surface area contributed by atoms with E-state index in [0.29, 0.717) is 21.8 Å². The Hall–Kier alpha value is -2.59. The van der Waals surface area contributed by atoms with Gasteiger partial charge in [-0.1, -0.05) is 29.8 Å². The van der Waals surface area contributed by atoms with Crippen molar-refractivity contribution < 1.29 is 9.90 Å². The lowest BCUT2D eigenvalue weighted by Crippen LogP contribution is -2.04. The van der Waals surface area contributed by atoms with Gasteiger partial charge in [0.25, 0.3) is 0 Å². The Morgan fingerprint density at radius 3 is 2.55 bits per heavy atom. The quantitative estimate of drug-likeness (QED) is 0.712. The number of hydrogen-bond donors (Lipinski definition) is 1. The first-order chi connectivity index (χ1) is 10.6. The third-order valence-electron chi connectivity index (χ3n) is 3.37. The molecule has 0 atom stereocenters. The van der Waals surface area contributed by atoms with Gasteiger partial charge in [0, 0.05) is 23.5 Å². The van der Waals surface area contributed by atoms with Gasteiger partial charge in [0.1, 0.15) is 0 Å². The zero-order valence-electron chi connectivity index (χ0n) is 11.8. The molecule has 0 saturated carbocycles. The van der Waals surface area contributed by atoms with Crippen molar-refractivity contribution in [3.8, 4) is 5.88 Å². The van der Waals surface area contributed by atoms with Gasteiger partial charge in [-0.3, -0.25) is 14.4 Å². The maximum absolute atomic E-state index is 11.7. The molecule has 0 unspecified atom stereocenters. The van der Waals surface area contributed by atoms with Crippen molar-refractivity contribution in [2.75, 3.05) is 0 Å². The first-order valence-corrected chi connectivity index (χ1v) is 7.08. The van der Waals surface area contributed by atoms with Crippen molar-refractivity contribution in [3.05, 3.63) is 59.1 Å². The fraction of sp³-hybridized carbons (Fsp3) is 0.0588. The molecule has 0 aliphatic heterocycles. The highest BCUT2D eigenvalue weighted by Gasteiger charge is 2.17. The van der Waals surface area contributed by atoms with Gasteiger partial charge in [-0.05, 0) is 30.3 Å². The number of para-hydroxylation sites is 1. The molecule has 0 bridgehead atoms. The highest BCUT2D eigenvalue weighted by atomic mass is 35.5. The second-order valence-electron chi connectivity index (χ2n) is 4.84. The van der Waals surface area contributed by atoms with Gasteiger partial charge in [-0.15, -0.1) is 0 Å². The molecule has 1 N–H and O–H groups in total. The lowest BCUT2D eigenvalue weighted by atomic mass is 10.2. The number of carbonyl (C=O) groups is 1. The van der Waals surface area contributed by atoms with Crippen molar-refractivity contribution in [3.63, 3.8) is 0 Å². The van der Waals surface area contributed by atoms with Gasteiger partial charge in [-0.25, -0.2) is 0 Å². The summed E-state index contributed by atoms with van der Waals surface area (Å²) in [5, 5.41) is 11.7. The lowest BCUT2D eigenvalue weighted by molar-refractivity contribution is 0.0933. The maximum Gasteiger partial charge on any atom is 0.230 e. The number of aromatic nitrogens is 1. The van der Waals surface area contributed by atoms with E-state index in [0.717, 1.165) is 5.39 Å². The van der Waals surface area contributed by atoms with Crippen molar-refractivity contribution in [1.29, 1.82) is 0 Å². The molecule has 1 heterocycles. The van der Waals surface area contributed by atoms with Crippen LogP contribution in [-0.2, 0) is 0 Å². The van der Waals surface area contributed by atoms with E-state index in [1.54, 1.807) is 36.5 Å². The Kier molecular flexibility index (Phi) is 3.69. The number of aromatic hydroxyl groups is 1. The predicted octanol–water partition coefficient (Wildman–Crippen LogP) is 4.41. The summed E-state index contributed by atoms with van der Waals surface area (Å²) in [4.78, 5) is 16.1. The van der Waals surface area contributed by atoms with Crippen molar-refractivity contribution >= 4 is 40.3 Å². The second kappa shape index (κ2) is 5.66. The third kappa shape index (κ3) is 2.49. The van der Waals surface area contributed by atoms with Crippen LogP contribution in [-0.4, -0.2) is 21.8 Å². The van der Waals surface area contributed by atoms with Crippen LogP contribution < -0.4 is 0 Å². The molecule has 3 rings (SSSR count). The Morgan fingerprint density at radius 1 is 1.18 bits per heavy atom. The number of hydrogen-bond acceptors (Lipinski definition) is 3. The molecule has 0 amide bonds. The summed E-state index contributed by atoms with van der Waals surface area (Å²) in [6, 6.07) is 14.3. The minimum atomic E-state index is -0.250. The molecule has 4 nitrogen and oxygen atoms in total. The molecule has 2 aromatic carbocycles. The number of fused-ring (bicyclic) bond motifs is 1. The highest BCUT2D eigenvalue weighted by Crippen LogP contribution is 2.30. The van der Waals surface area contributed by atoms with Gasteiger partial charge < -0.3 is 5.11 Å². The van der Waals surface area contributed by atoms with E-state index in [1.807, 2.05) is 18.2 Å². The first-order valence-electron chi connectivity index (χ1n) is 6.71. The second-order valence-corrected chi connectivity index (χ2v) is 5.28. The smallest absolute Gasteiger partial charge is 0.230 e. The molecular formula is C17H13ClN2O2. The summed E-state index contributed by atoms with van der Waals surface area (Å²) in [5.74, 6) is -0.355. The predicted molar refractivity (Wildman–Crippen MR) is 88.6 cm³/mol. The largest absolute Gasteiger partial charge is 0.494 e. The monoisotopic (exact) mass is 312 g/mol. The number of benzene rings is 2. The summed E-state index contributed by atoms with van der Waals surface area (Å²) in [5.41, 5.74) is 1.88. The van der Waals surface area contributed by atoms with E-state index in [1.165, 1.54) is 11.5 Å². The van der Waals surface area contributed by atoms with Gasteiger partial charge in [0.2, 0.25) is 11.8 Å². The van der Waals surface area contributed by atoms with E-state index in [-0.39, 0.29) is 11.8 Å². The van der Waals surface area contributed by atoms with Crippen LogP contribution in [0.25, 0.3) is 10.9 Å². The molecule has 0 fully saturated rings. The maximum atomic E-state index is 11.7. The Morgan fingerprint density at radius 2 is 1.86 bits per heavy atom. The fourth-order valence-corrected chi connectivity index (χ4v) is 2.49. The van der Waals surface area contributed by atoms with Crippen molar-refractivity contribution in [2.24, 2.45) is 4.99 Å². The van der Waals surface area contributed by atoms with Gasteiger partial charge in [-0.2, -0.15) is 0 Å². The zero-order valence-corrected chi connectivity index (χ0v) is 12.6. The summed E-state index contributed by atoms with van der Waals surface area (Å²) in [6.45, 7) is 1.41. The van der Waals surface area contributed by atoms with Crippen LogP contribution in [0.2, 0.25) is 5.02 Å². The molecule has 0 aliphatic carbocycles. The summed E-state index contributed by atoms with van der Waals surface area (Å²) in [6.07, 6.45) is 1.56. The minimum absolute atomic E-state index is 0.105. The van der Waals surface area contributed by atoms with Crippen LogP contribution in [0.4, 0.5) is 5.69 Å².